The lowest BCUT2D eigenvalue weighted by Gasteiger charge is -2.27. The monoisotopic (exact) mass is 190 g/mol. The van der Waals surface area contributed by atoms with Crippen LogP contribution in [0.3, 0.4) is 0 Å². The minimum absolute atomic E-state index is 0.0147. The molecule has 0 spiro atoms. The van der Waals surface area contributed by atoms with E-state index in [1.807, 2.05) is 6.08 Å². The van der Waals surface area contributed by atoms with Crippen molar-refractivity contribution in [1.82, 2.24) is 0 Å². The maximum Gasteiger partial charge on any atom is 0.310 e. The smallest absolute Gasteiger partial charge is 0.310 e. The summed E-state index contributed by atoms with van der Waals surface area (Å²) in [5.74, 6) is 1.72. The Morgan fingerprint density at radius 1 is 1.57 bits per heavy atom. The fraction of sp³-hybridized carbons (Fsp3) is 0.583. The number of ether oxygens (including phenoxy) is 1. The molecule has 1 aliphatic heterocycles. The van der Waals surface area contributed by atoms with Crippen molar-refractivity contribution < 1.29 is 9.53 Å². The average molecular weight is 190 g/mol. The second-order valence-electron chi connectivity index (χ2n) is 4.55. The zero-order chi connectivity index (χ0) is 9.71. The normalized spacial score (nSPS) is 48.9. The first-order valence-electron chi connectivity index (χ1n) is 5.31. The number of allylic oxidation sites excluding steroid dienone is 2. The molecule has 3 aliphatic rings. The van der Waals surface area contributed by atoms with E-state index in [0.717, 1.165) is 12.8 Å². The summed E-state index contributed by atoms with van der Waals surface area (Å²) in [4.78, 5) is 11.6. The molecule has 0 aromatic rings. The number of hydrogen-bond acceptors (Lipinski definition) is 2. The fourth-order valence-electron chi connectivity index (χ4n) is 3.38. The van der Waals surface area contributed by atoms with E-state index in [-0.39, 0.29) is 18.0 Å². The van der Waals surface area contributed by atoms with Gasteiger partial charge < -0.3 is 4.74 Å². The minimum atomic E-state index is 0.0147. The molecule has 0 N–H and O–H groups in total. The average Bonchev–Trinajstić information content (AvgIpc) is 2.71. The van der Waals surface area contributed by atoms with E-state index >= 15 is 0 Å². The van der Waals surface area contributed by atoms with Crippen molar-refractivity contribution in [2.75, 3.05) is 0 Å². The summed E-state index contributed by atoms with van der Waals surface area (Å²) < 4.78 is 5.33. The molecule has 0 unspecified atom stereocenters. The van der Waals surface area contributed by atoms with Crippen LogP contribution in [-0.2, 0) is 9.53 Å². The van der Waals surface area contributed by atoms with E-state index in [1.165, 1.54) is 0 Å². The van der Waals surface area contributed by atoms with Crippen LogP contribution < -0.4 is 0 Å². The third-order valence-electron chi connectivity index (χ3n) is 4.01. The van der Waals surface area contributed by atoms with Crippen molar-refractivity contribution in [1.29, 1.82) is 0 Å². The van der Waals surface area contributed by atoms with Gasteiger partial charge in [0.1, 0.15) is 6.10 Å². The number of carbonyl (C=O) groups excluding carboxylic acids is 1. The predicted octanol–water partition coefficient (Wildman–Crippen LogP) is 1.93. The SMILES string of the molecule is C=C[C@@H]1C[C@H]2C(=O)O[C@H]3C=CC[C@@H]1[C@H]32. The van der Waals surface area contributed by atoms with Crippen molar-refractivity contribution >= 4 is 5.97 Å². The minimum Gasteiger partial charge on any atom is -0.458 e. The van der Waals surface area contributed by atoms with E-state index in [9.17, 15) is 4.79 Å². The Balaban J connectivity index is 1.99. The Labute approximate surface area is 83.6 Å². The molecule has 0 amide bonds. The van der Waals surface area contributed by atoms with E-state index in [2.05, 4.69) is 18.7 Å². The maximum absolute atomic E-state index is 11.6. The second-order valence-corrected chi connectivity index (χ2v) is 4.55. The highest BCUT2D eigenvalue weighted by molar-refractivity contribution is 5.76. The van der Waals surface area contributed by atoms with Gasteiger partial charge in [0.25, 0.3) is 0 Å². The van der Waals surface area contributed by atoms with Gasteiger partial charge >= 0.3 is 5.97 Å². The Morgan fingerprint density at radius 3 is 3.21 bits per heavy atom. The molecule has 0 bridgehead atoms. The molecular weight excluding hydrogens is 176 g/mol. The lowest BCUT2D eigenvalue weighted by atomic mass is 9.79. The molecule has 2 nitrogen and oxygen atoms in total. The molecule has 2 heteroatoms. The largest absolute Gasteiger partial charge is 0.458 e. The summed E-state index contributed by atoms with van der Waals surface area (Å²) in [5.41, 5.74) is 0. The quantitative estimate of drug-likeness (QED) is 0.466. The maximum atomic E-state index is 11.6. The summed E-state index contributed by atoms with van der Waals surface area (Å²) in [6.07, 6.45) is 8.34. The van der Waals surface area contributed by atoms with E-state index < -0.39 is 0 Å². The van der Waals surface area contributed by atoms with Crippen molar-refractivity contribution in [3.63, 3.8) is 0 Å². The van der Waals surface area contributed by atoms with Gasteiger partial charge in [0.15, 0.2) is 0 Å². The van der Waals surface area contributed by atoms with Crippen LogP contribution in [0.4, 0.5) is 0 Å². The fourth-order valence-corrected chi connectivity index (χ4v) is 3.38. The van der Waals surface area contributed by atoms with Crippen LogP contribution in [0.2, 0.25) is 0 Å². The van der Waals surface area contributed by atoms with Crippen LogP contribution >= 0.6 is 0 Å². The van der Waals surface area contributed by atoms with Crippen LogP contribution in [0.5, 0.6) is 0 Å². The first-order valence-corrected chi connectivity index (χ1v) is 5.31. The van der Waals surface area contributed by atoms with Gasteiger partial charge in [-0.25, -0.2) is 0 Å². The lowest BCUT2D eigenvalue weighted by Crippen LogP contribution is -2.26. The lowest BCUT2D eigenvalue weighted by molar-refractivity contribution is -0.143. The van der Waals surface area contributed by atoms with E-state index in [4.69, 9.17) is 4.74 Å². The van der Waals surface area contributed by atoms with Crippen LogP contribution in [0, 0.1) is 23.7 Å². The molecule has 0 aromatic heterocycles. The van der Waals surface area contributed by atoms with Crippen molar-refractivity contribution in [3.05, 3.63) is 24.8 Å². The molecule has 1 saturated heterocycles. The molecule has 2 fully saturated rings. The summed E-state index contributed by atoms with van der Waals surface area (Å²) >= 11 is 0. The summed E-state index contributed by atoms with van der Waals surface area (Å²) in [5, 5.41) is 0. The Morgan fingerprint density at radius 2 is 2.43 bits per heavy atom. The molecule has 5 atom stereocenters. The Bertz CT molecular complexity index is 318. The number of esters is 1. The topological polar surface area (TPSA) is 26.3 Å². The van der Waals surface area contributed by atoms with Crippen LogP contribution in [0.1, 0.15) is 12.8 Å². The molecule has 0 radical (unpaired) electrons. The van der Waals surface area contributed by atoms with Gasteiger partial charge in [0.05, 0.1) is 5.92 Å². The van der Waals surface area contributed by atoms with E-state index in [1.54, 1.807) is 0 Å². The van der Waals surface area contributed by atoms with Crippen LogP contribution in [0.15, 0.2) is 24.8 Å². The highest BCUT2D eigenvalue weighted by Gasteiger charge is 2.55. The standard InChI is InChI=1S/C12H14O2/c1-2-7-6-9-11-8(7)4-3-5-10(11)14-12(9)13/h2-3,5,7-11H,1,4,6H2/t7-,8+,9-,10+,11+/m1/s1. The van der Waals surface area contributed by atoms with Crippen molar-refractivity contribution in [2.45, 2.75) is 18.9 Å². The van der Waals surface area contributed by atoms with Gasteiger partial charge in [-0.3, -0.25) is 4.79 Å². The van der Waals surface area contributed by atoms with Gasteiger partial charge in [0, 0.05) is 5.92 Å². The number of hydrogen-bond donors (Lipinski definition) is 0. The number of carbonyl (C=O) groups is 1. The predicted molar refractivity (Wildman–Crippen MR) is 52.4 cm³/mol. The third kappa shape index (κ3) is 0.887. The summed E-state index contributed by atoms with van der Waals surface area (Å²) in [6.45, 7) is 3.87. The zero-order valence-electron chi connectivity index (χ0n) is 8.06. The summed E-state index contributed by atoms with van der Waals surface area (Å²) in [7, 11) is 0. The molecule has 0 aromatic carbocycles. The highest BCUT2D eigenvalue weighted by atomic mass is 16.6. The van der Waals surface area contributed by atoms with Gasteiger partial charge in [0.2, 0.25) is 0 Å². The van der Waals surface area contributed by atoms with Crippen molar-refractivity contribution in [2.24, 2.45) is 23.7 Å². The van der Waals surface area contributed by atoms with Crippen molar-refractivity contribution in [3.8, 4) is 0 Å². The molecule has 1 saturated carbocycles. The molecule has 14 heavy (non-hydrogen) atoms. The van der Waals surface area contributed by atoms with Gasteiger partial charge in [-0.15, -0.1) is 6.58 Å². The molecule has 3 rings (SSSR count). The van der Waals surface area contributed by atoms with Gasteiger partial charge in [-0.05, 0) is 30.8 Å². The highest BCUT2D eigenvalue weighted by Crippen LogP contribution is 2.52. The first-order chi connectivity index (χ1) is 6.81. The second kappa shape index (κ2) is 2.72. The molecule has 74 valence electrons. The summed E-state index contributed by atoms with van der Waals surface area (Å²) in [6, 6.07) is 0. The Hall–Kier alpha value is -1.05. The molecular formula is C12H14O2. The third-order valence-corrected chi connectivity index (χ3v) is 4.01. The molecule has 2 aliphatic carbocycles. The Kier molecular flexibility index (Phi) is 1.61. The van der Waals surface area contributed by atoms with Crippen LogP contribution in [0.25, 0.3) is 0 Å². The first kappa shape index (κ1) is 8.27. The molecule has 1 heterocycles. The zero-order valence-corrected chi connectivity index (χ0v) is 8.06. The van der Waals surface area contributed by atoms with Crippen LogP contribution in [-0.4, -0.2) is 12.1 Å². The van der Waals surface area contributed by atoms with Gasteiger partial charge in [-0.1, -0.05) is 12.2 Å². The van der Waals surface area contributed by atoms with E-state index in [0.29, 0.717) is 17.8 Å². The van der Waals surface area contributed by atoms with Gasteiger partial charge in [-0.2, -0.15) is 0 Å². The number of rotatable bonds is 1.